The Labute approximate surface area is 205 Å². The first-order valence-corrected chi connectivity index (χ1v) is 11.3. The summed E-state index contributed by atoms with van der Waals surface area (Å²) in [4.78, 5) is 37.6. The van der Waals surface area contributed by atoms with Crippen molar-refractivity contribution in [2.75, 3.05) is 19.2 Å². The van der Waals surface area contributed by atoms with E-state index in [1.165, 1.54) is 37.1 Å². The molecule has 174 valence electrons. The number of rotatable bonds is 5. The van der Waals surface area contributed by atoms with Gasteiger partial charge in [0.1, 0.15) is 11.5 Å². The van der Waals surface area contributed by atoms with Gasteiger partial charge in [-0.3, -0.25) is 9.47 Å². The summed E-state index contributed by atoms with van der Waals surface area (Å²) >= 11 is 6.63. The lowest BCUT2D eigenvalue weighted by molar-refractivity contribution is -0.114. The molecule has 1 aliphatic heterocycles. The van der Waals surface area contributed by atoms with Gasteiger partial charge in [0.05, 0.1) is 30.3 Å². The van der Waals surface area contributed by atoms with Gasteiger partial charge >= 0.3 is 11.9 Å². The molecule has 0 saturated carbocycles. The quantitative estimate of drug-likeness (QED) is 0.290. The van der Waals surface area contributed by atoms with E-state index in [0.29, 0.717) is 26.3 Å². The van der Waals surface area contributed by atoms with Crippen molar-refractivity contribution in [1.82, 2.24) is 4.68 Å². The number of nitrogens with zero attached hydrogens (tertiary/aromatic N) is 2. The van der Waals surface area contributed by atoms with Crippen LogP contribution in [0.2, 0.25) is 0 Å². The predicted octanol–water partition coefficient (Wildman–Crippen LogP) is 4.48. The van der Waals surface area contributed by atoms with E-state index >= 15 is 0 Å². The molecule has 1 aromatic carbocycles. The number of carbonyl (C=O) groups is 3. The van der Waals surface area contributed by atoms with Crippen LogP contribution in [0.5, 0.6) is 0 Å². The van der Waals surface area contributed by atoms with Crippen LogP contribution in [0.25, 0.3) is 17.4 Å². The van der Waals surface area contributed by atoms with Gasteiger partial charge in [-0.05, 0) is 68.5 Å². The zero-order valence-electron chi connectivity index (χ0n) is 18.8. The smallest absolute Gasteiger partial charge is 0.337 e. The van der Waals surface area contributed by atoms with Gasteiger partial charge in [-0.2, -0.15) is 5.01 Å². The van der Waals surface area contributed by atoms with Crippen LogP contribution >= 0.6 is 24.0 Å². The third kappa shape index (κ3) is 4.29. The number of furan rings is 1. The maximum absolute atomic E-state index is 13.1. The van der Waals surface area contributed by atoms with Crippen LogP contribution in [0.1, 0.15) is 37.9 Å². The van der Waals surface area contributed by atoms with Crippen molar-refractivity contribution >= 4 is 52.2 Å². The van der Waals surface area contributed by atoms with Crippen LogP contribution in [-0.2, 0) is 14.3 Å². The second-order valence-corrected chi connectivity index (χ2v) is 9.08. The van der Waals surface area contributed by atoms with Crippen molar-refractivity contribution < 1.29 is 28.3 Å². The number of hydrogen-bond donors (Lipinski definition) is 0. The molecule has 8 nitrogen and oxygen atoms in total. The summed E-state index contributed by atoms with van der Waals surface area (Å²) in [7, 11) is 2.51. The fourth-order valence-electron chi connectivity index (χ4n) is 3.56. The van der Waals surface area contributed by atoms with Gasteiger partial charge in [-0.1, -0.05) is 11.8 Å². The molecule has 1 fully saturated rings. The molecular weight excluding hydrogens is 476 g/mol. The molecule has 1 amide bonds. The normalized spacial score (nSPS) is 14.7. The molecule has 4 rings (SSSR count). The molecule has 3 aromatic rings. The Hall–Kier alpha value is -3.63. The summed E-state index contributed by atoms with van der Waals surface area (Å²) in [6, 6.07) is 11.7. The van der Waals surface area contributed by atoms with Crippen molar-refractivity contribution in [2.45, 2.75) is 13.8 Å². The maximum Gasteiger partial charge on any atom is 0.337 e. The Kier molecular flexibility index (Phi) is 6.45. The molecule has 0 aliphatic carbocycles. The molecule has 0 unspecified atom stereocenters. The minimum Gasteiger partial charge on any atom is -0.465 e. The highest BCUT2D eigenvalue weighted by molar-refractivity contribution is 8.27. The average molecular weight is 497 g/mol. The van der Waals surface area contributed by atoms with Gasteiger partial charge < -0.3 is 13.9 Å². The number of amides is 1. The summed E-state index contributed by atoms with van der Waals surface area (Å²) < 4.78 is 17.7. The Morgan fingerprint density at radius 3 is 2.12 bits per heavy atom. The maximum atomic E-state index is 13.1. The lowest BCUT2D eigenvalue weighted by Crippen LogP contribution is -2.39. The predicted molar refractivity (Wildman–Crippen MR) is 132 cm³/mol. The number of carbonyl (C=O) groups excluding carboxylic acids is 3. The lowest BCUT2D eigenvalue weighted by Gasteiger charge is -2.20. The van der Waals surface area contributed by atoms with Crippen LogP contribution < -0.4 is 5.01 Å². The molecule has 0 spiro atoms. The number of hydrogen-bond acceptors (Lipinski definition) is 8. The van der Waals surface area contributed by atoms with Gasteiger partial charge in [-0.15, -0.1) is 0 Å². The van der Waals surface area contributed by atoms with Crippen molar-refractivity contribution in [1.29, 1.82) is 0 Å². The lowest BCUT2D eigenvalue weighted by atomic mass is 10.0. The number of methoxy groups -OCH3 is 2. The van der Waals surface area contributed by atoms with Crippen molar-refractivity contribution in [3.8, 4) is 11.3 Å². The number of aromatic nitrogens is 1. The van der Waals surface area contributed by atoms with Crippen molar-refractivity contribution in [2.24, 2.45) is 0 Å². The Balaban J connectivity index is 1.67. The summed E-state index contributed by atoms with van der Waals surface area (Å²) in [5, 5.41) is 1.46. The highest BCUT2D eigenvalue weighted by Crippen LogP contribution is 2.34. The Morgan fingerprint density at radius 1 is 0.971 bits per heavy atom. The molecule has 0 atom stereocenters. The van der Waals surface area contributed by atoms with Crippen LogP contribution in [0.15, 0.2) is 51.8 Å². The van der Waals surface area contributed by atoms with E-state index in [1.54, 1.807) is 35.0 Å². The second kappa shape index (κ2) is 9.32. The molecule has 2 aromatic heterocycles. The minimum atomic E-state index is -0.599. The zero-order valence-corrected chi connectivity index (χ0v) is 20.4. The van der Waals surface area contributed by atoms with Crippen LogP contribution in [-0.4, -0.2) is 41.1 Å². The average Bonchev–Trinajstić information content (AvgIpc) is 3.51. The summed E-state index contributed by atoms with van der Waals surface area (Å²) in [5.74, 6) is -0.638. The number of aryl methyl sites for hydroxylation is 2. The summed E-state index contributed by atoms with van der Waals surface area (Å²) in [6.45, 7) is 3.80. The number of benzene rings is 1. The van der Waals surface area contributed by atoms with Crippen molar-refractivity contribution in [3.63, 3.8) is 0 Å². The first-order valence-electron chi connectivity index (χ1n) is 10.1. The fraction of sp³-hybridized carbons (Fsp3) is 0.167. The van der Waals surface area contributed by atoms with E-state index in [1.807, 2.05) is 26.0 Å². The van der Waals surface area contributed by atoms with Crippen LogP contribution in [0.4, 0.5) is 0 Å². The van der Waals surface area contributed by atoms with E-state index in [0.717, 1.165) is 11.4 Å². The molecule has 0 radical (unpaired) electrons. The Bertz CT molecular complexity index is 1310. The second-order valence-electron chi connectivity index (χ2n) is 7.41. The first-order chi connectivity index (χ1) is 16.2. The third-order valence-electron chi connectivity index (χ3n) is 5.17. The zero-order chi connectivity index (χ0) is 24.6. The molecule has 34 heavy (non-hydrogen) atoms. The SMILES string of the molecule is COC(=O)c1cc(C(=O)OC)cc(-c2ccc(C=C3SC(=S)N(n4c(C)ccc4C)C3=O)o2)c1. The van der Waals surface area contributed by atoms with E-state index in [2.05, 4.69) is 0 Å². The summed E-state index contributed by atoms with van der Waals surface area (Å²) in [5.41, 5.74) is 2.62. The van der Waals surface area contributed by atoms with E-state index < -0.39 is 11.9 Å². The molecule has 0 bridgehead atoms. The van der Waals surface area contributed by atoms with Gasteiger partial charge in [0.2, 0.25) is 0 Å². The highest BCUT2D eigenvalue weighted by Gasteiger charge is 2.35. The number of esters is 2. The largest absolute Gasteiger partial charge is 0.465 e. The summed E-state index contributed by atoms with van der Waals surface area (Å²) in [6.07, 6.45) is 1.61. The van der Waals surface area contributed by atoms with E-state index in [4.69, 9.17) is 26.1 Å². The third-order valence-corrected chi connectivity index (χ3v) is 6.45. The fourth-order valence-corrected chi connectivity index (χ4v) is 4.79. The minimum absolute atomic E-state index is 0.177. The van der Waals surface area contributed by atoms with E-state index in [9.17, 15) is 14.4 Å². The molecule has 3 heterocycles. The number of thioether (sulfide) groups is 1. The molecule has 1 saturated heterocycles. The van der Waals surface area contributed by atoms with E-state index in [-0.39, 0.29) is 17.0 Å². The Morgan fingerprint density at radius 2 is 1.56 bits per heavy atom. The monoisotopic (exact) mass is 496 g/mol. The molecule has 1 aliphatic rings. The topological polar surface area (TPSA) is 91.0 Å². The molecule has 0 N–H and O–H groups in total. The molecule has 10 heteroatoms. The highest BCUT2D eigenvalue weighted by atomic mass is 32.2. The van der Waals surface area contributed by atoms with Gasteiger partial charge in [0.25, 0.3) is 5.91 Å². The van der Waals surface area contributed by atoms with Crippen LogP contribution in [0, 0.1) is 13.8 Å². The number of ether oxygens (including phenoxy) is 2. The van der Waals surface area contributed by atoms with Gasteiger partial charge in [0.15, 0.2) is 4.32 Å². The van der Waals surface area contributed by atoms with Crippen LogP contribution in [0.3, 0.4) is 0 Å². The molecular formula is C24H20N2O6S2. The van der Waals surface area contributed by atoms with Crippen molar-refractivity contribution in [3.05, 3.63) is 75.6 Å². The van der Waals surface area contributed by atoms with Gasteiger partial charge in [0, 0.05) is 23.0 Å². The standard InChI is InChI=1S/C24H20N2O6S2/c1-13-5-6-14(2)25(13)26-21(27)20(34-24(26)33)12-18-7-8-19(32-18)15-9-16(22(28)30-3)11-17(10-15)23(29)31-4/h5-12H,1-4H3. The first kappa shape index (κ1) is 23.5. The number of thiocarbonyl (C=S) groups is 1. The van der Waals surface area contributed by atoms with Gasteiger partial charge in [-0.25, -0.2) is 9.59 Å².